The Labute approximate surface area is 137 Å². The smallest absolute Gasteiger partial charge is 0.147 e. The summed E-state index contributed by atoms with van der Waals surface area (Å²) in [7, 11) is 1.73. The van der Waals surface area contributed by atoms with Crippen molar-refractivity contribution in [1.29, 1.82) is 0 Å². The van der Waals surface area contributed by atoms with Gasteiger partial charge < -0.3 is 10.1 Å². The van der Waals surface area contributed by atoms with Crippen LogP contribution in [-0.2, 0) is 11.2 Å². The van der Waals surface area contributed by atoms with E-state index in [-0.39, 0.29) is 6.04 Å². The van der Waals surface area contributed by atoms with E-state index in [1.54, 1.807) is 13.4 Å². The van der Waals surface area contributed by atoms with E-state index >= 15 is 0 Å². The number of methoxy groups -OCH3 is 1. The molecule has 124 valence electrons. The summed E-state index contributed by atoms with van der Waals surface area (Å²) in [6.45, 7) is 0.720. The van der Waals surface area contributed by atoms with Crippen LogP contribution in [0.15, 0.2) is 24.7 Å². The number of aromatic amines is 1. The molecular formula is C17H25N5O. The monoisotopic (exact) mass is 315 g/mol. The number of nitrogens with one attached hydrogen (secondary N) is 2. The summed E-state index contributed by atoms with van der Waals surface area (Å²) in [6, 6.07) is 4.28. The molecule has 1 aliphatic carbocycles. The van der Waals surface area contributed by atoms with Gasteiger partial charge in [0.05, 0.1) is 12.6 Å². The SMILES string of the molecule is COCCc1ccnc(NC(c2ncn[nH]2)C2CCCCC2)c1. The van der Waals surface area contributed by atoms with Gasteiger partial charge in [0, 0.05) is 13.3 Å². The molecule has 0 aliphatic heterocycles. The number of aromatic nitrogens is 4. The quantitative estimate of drug-likeness (QED) is 0.821. The molecule has 3 rings (SSSR count). The lowest BCUT2D eigenvalue weighted by Gasteiger charge is -2.29. The van der Waals surface area contributed by atoms with E-state index in [2.05, 4.69) is 31.5 Å². The zero-order valence-electron chi connectivity index (χ0n) is 13.7. The van der Waals surface area contributed by atoms with E-state index < -0.39 is 0 Å². The third-order valence-electron chi connectivity index (χ3n) is 4.57. The van der Waals surface area contributed by atoms with Crippen LogP contribution in [0.25, 0.3) is 0 Å². The maximum absolute atomic E-state index is 5.16. The van der Waals surface area contributed by atoms with Gasteiger partial charge in [0.1, 0.15) is 18.0 Å². The van der Waals surface area contributed by atoms with Crippen LogP contribution in [0.1, 0.15) is 49.5 Å². The highest BCUT2D eigenvalue weighted by molar-refractivity contribution is 5.39. The molecule has 1 atom stereocenters. The van der Waals surface area contributed by atoms with Crippen LogP contribution in [0.4, 0.5) is 5.82 Å². The van der Waals surface area contributed by atoms with Gasteiger partial charge in [-0.1, -0.05) is 19.3 Å². The third-order valence-corrected chi connectivity index (χ3v) is 4.57. The van der Waals surface area contributed by atoms with Crippen molar-refractivity contribution in [3.05, 3.63) is 36.0 Å². The second kappa shape index (κ2) is 8.06. The number of hydrogen-bond acceptors (Lipinski definition) is 5. The number of hydrogen-bond donors (Lipinski definition) is 2. The lowest BCUT2D eigenvalue weighted by molar-refractivity contribution is 0.202. The highest BCUT2D eigenvalue weighted by atomic mass is 16.5. The van der Waals surface area contributed by atoms with E-state index in [9.17, 15) is 0 Å². The Morgan fingerprint density at radius 3 is 2.91 bits per heavy atom. The van der Waals surface area contributed by atoms with E-state index in [1.807, 2.05) is 12.3 Å². The first-order valence-corrected chi connectivity index (χ1v) is 8.42. The first-order chi connectivity index (χ1) is 11.4. The highest BCUT2D eigenvalue weighted by Crippen LogP contribution is 2.35. The van der Waals surface area contributed by atoms with Gasteiger partial charge in [0.15, 0.2) is 0 Å². The molecule has 1 unspecified atom stereocenters. The van der Waals surface area contributed by atoms with Crippen molar-refractivity contribution in [3.63, 3.8) is 0 Å². The molecule has 2 aromatic heterocycles. The Bertz CT molecular complexity index is 580. The number of pyridine rings is 1. The van der Waals surface area contributed by atoms with E-state index in [0.29, 0.717) is 5.92 Å². The van der Waals surface area contributed by atoms with E-state index in [0.717, 1.165) is 24.7 Å². The highest BCUT2D eigenvalue weighted by Gasteiger charge is 2.27. The fraction of sp³-hybridized carbons (Fsp3) is 0.588. The molecule has 2 heterocycles. The molecule has 0 aromatic carbocycles. The molecule has 6 nitrogen and oxygen atoms in total. The van der Waals surface area contributed by atoms with Crippen LogP contribution in [-0.4, -0.2) is 33.9 Å². The summed E-state index contributed by atoms with van der Waals surface area (Å²) < 4.78 is 5.16. The van der Waals surface area contributed by atoms with Crippen LogP contribution < -0.4 is 5.32 Å². The van der Waals surface area contributed by atoms with Crippen molar-refractivity contribution in [2.75, 3.05) is 19.0 Å². The number of anilines is 1. The minimum Gasteiger partial charge on any atom is -0.384 e. The molecule has 2 aromatic rings. The van der Waals surface area contributed by atoms with Crippen molar-refractivity contribution in [1.82, 2.24) is 20.2 Å². The molecule has 0 radical (unpaired) electrons. The molecule has 2 N–H and O–H groups in total. The normalized spacial score (nSPS) is 17.1. The summed E-state index contributed by atoms with van der Waals surface area (Å²) in [5, 5.41) is 10.6. The van der Waals surface area contributed by atoms with Gasteiger partial charge in [-0.3, -0.25) is 5.10 Å². The fourth-order valence-corrected chi connectivity index (χ4v) is 3.33. The van der Waals surface area contributed by atoms with Gasteiger partial charge in [-0.15, -0.1) is 0 Å². The first kappa shape index (κ1) is 15.9. The number of rotatable bonds is 7. The summed E-state index contributed by atoms with van der Waals surface area (Å²) in [6.07, 6.45) is 10.7. The van der Waals surface area contributed by atoms with Gasteiger partial charge in [-0.25, -0.2) is 9.97 Å². The van der Waals surface area contributed by atoms with E-state index in [1.165, 1.54) is 37.7 Å². The van der Waals surface area contributed by atoms with Crippen LogP contribution in [0.2, 0.25) is 0 Å². The molecule has 0 saturated heterocycles. The Kier molecular flexibility index (Phi) is 5.58. The average Bonchev–Trinajstić information content (AvgIpc) is 3.13. The second-order valence-corrected chi connectivity index (χ2v) is 6.18. The van der Waals surface area contributed by atoms with Crippen LogP contribution >= 0.6 is 0 Å². The van der Waals surface area contributed by atoms with Crippen LogP contribution in [0.3, 0.4) is 0 Å². The average molecular weight is 315 g/mol. The summed E-state index contributed by atoms with van der Waals surface area (Å²) >= 11 is 0. The standard InChI is InChI=1S/C17H25N5O/c1-23-10-8-13-7-9-18-15(11-13)21-16(17-19-12-20-22-17)14-5-3-2-4-6-14/h7,9,11-12,14,16H,2-6,8,10H2,1H3,(H,18,21)(H,19,20,22). The number of H-pyrrole nitrogens is 1. The molecular weight excluding hydrogens is 290 g/mol. The predicted molar refractivity (Wildman–Crippen MR) is 89.1 cm³/mol. The van der Waals surface area contributed by atoms with Gasteiger partial charge in [-0.2, -0.15) is 5.10 Å². The second-order valence-electron chi connectivity index (χ2n) is 6.18. The van der Waals surface area contributed by atoms with Crippen molar-refractivity contribution < 1.29 is 4.74 Å². The van der Waals surface area contributed by atoms with E-state index in [4.69, 9.17) is 4.74 Å². The minimum absolute atomic E-state index is 0.142. The molecule has 0 spiro atoms. The third kappa shape index (κ3) is 4.28. The Balaban J connectivity index is 1.75. The lowest BCUT2D eigenvalue weighted by Crippen LogP contribution is -2.24. The lowest BCUT2D eigenvalue weighted by atomic mass is 9.83. The van der Waals surface area contributed by atoms with Gasteiger partial charge in [0.2, 0.25) is 0 Å². The molecule has 1 saturated carbocycles. The van der Waals surface area contributed by atoms with Gasteiger partial charge >= 0.3 is 0 Å². The molecule has 1 aliphatic rings. The predicted octanol–water partition coefficient (Wildman–Crippen LogP) is 3.12. The topological polar surface area (TPSA) is 75.7 Å². The largest absolute Gasteiger partial charge is 0.384 e. The Hall–Kier alpha value is -1.95. The van der Waals surface area contributed by atoms with Crippen molar-refractivity contribution in [2.24, 2.45) is 5.92 Å². The zero-order chi connectivity index (χ0) is 15.9. The summed E-state index contributed by atoms with van der Waals surface area (Å²) in [5.74, 6) is 2.37. The molecule has 23 heavy (non-hydrogen) atoms. The first-order valence-electron chi connectivity index (χ1n) is 8.42. The fourth-order valence-electron chi connectivity index (χ4n) is 3.33. The summed E-state index contributed by atoms with van der Waals surface area (Å²) in [5.41, 5.74) is 1.23. The molecule has 0 bridgehead atoms. The maximum Gasteiger partial charge on any atom is 0.147 e. The maximum atomic E-state index is 5.16. The van der Waals surface area contributed by atoms with Gasteiger partial charge in [0.25, 0.3) is 0 Å². The zero-order valence-corrected chi connectivity index (χ0v) is 13.7. The number of ether oxygens (including phenoxy) is 1. The van der Waals surface area contributed by atoms with Crippen LogP contribution in [0.5, 0.6) is 0 Å². The van der Waals surface area contributed by atoms with Crippen molar-refractivity contribution in [3.8, 4) is 0 Å². The van der Waals surface area contributed by atoms with Crippen molar-refractivity contribution >= 4 is 5.82 Å². The molecule has 6 heteroatoms. The van der Waals surface area contributed by atoms with Crippen molar-refractivity contribution in [2.45, 2.75) is 44.6 Å². The molecule has 1 fully saturated rings. The Morgan fingerprint density at radius 1 is 1.30 bits per heavy atom. The van der Waals surface area contributed by atoms with Gasteiger partial charge in [-0.05, 0) is 42.9 Å². The minimum atomic E-state index is 0.142. The Morgan fingerprint density at radius 2 is 2.17 bits per heavy atom. The summed E-state index contributed by atoms with van der Waals surface area (Å²) in [4.78, 5) is 8.86. The van der Waals surface area contributed by atoms with Crippen LogP contribution in [0, 0.1) is 5.92 Å². The number of nitrogens with zero attached hydrogens (tertiary/aromatic N) is 3. The molecule has 0 amide bonds.